The lowest BCUT2D eigenvalue weighted by atomic mass is 10.1. The molecule has 0 saturated heterocycles. The predicted molar refractivity (Wildman–Crippen MR) is 109 cm³/mol. The molecular weight excluding hydrogens is 338 g/mol. The molecule has 2 aromatic carbocycles. The Morgan fingerprint density at radius 1 is 1.00 bits per heavy atom. The Kier molecular flexibility index (Phi) is 8.18. The molecule has 2 aromatic rings. The van der Waals surface area contributed by atoms with Crippen LogP contribution in [0.2, 0.25) is 0 Å². The smallest absolute Gasteiger partial charge is 0.260 e. The summed E-state index contributed by atoms with van der Waals surface area (Å²) in [6, 6.07) is 16.0. The molecule has 0 fully saturated rings. The Labute approximate surface area is 162 Å². The third kappa shape index (κ3) is 6.97. The van der Waals surface area contributed by atoms with E-state index >= 15 is 0 Å². The van der Waals surface area contributed by atoms with Gasteiger partial charge in [0, 0.05) is 6.54 Å². The quantitative estimate of drug-likeness (QED) is 0.625. The summed E-state index contributed by atoms with van der Waals surface area (Å²) in [5, 5.41) is 2.96. The van der Waals surface area contributed by atoms with E-state index in [9.17, 15) is 4.79 Å². The zero-order valence-electron chi connectivity index (χ0n) is 16.8. The van der Waals surface area contributed by atoms with Crippen LogP contribution < -0.4 is 14.8 Å². The number of hydrogen-bond acceptors (Lipinski definition) is 3. The fourth-order valence-electron chi connectivity index (χ4n) is 2.81. The average Bonchev–Trinajstić information content (AvgIpc) is 2.66. The first-order valence-corrected chi connectivity index (χ1v) is 9.77. The summed E-state index contributed by atoms with van der Waals surface area (Å²) in [6.07, 6.45) is 2.35. The number of hydrogen-bond donors (Lipinski definition) is 1. The number of amides is 1. The number of nitrogens with one attached hydrogen (secondary N) is 1. The second-order valence-corrected chi connectivity index (χ2v) is 6.93. The van der Waals surface area contributed by atoms with Crippen LogP contribution >= 0.6 is 0 Å². The van der Waals surface area contributed by atoms with Gasteiger partial charge in [-0.3, -0.25) is 4.79 Å². The maximum absolute atomic E-state index is 12.3. The third-order valence-electron chi connectivity index (χ3n) is 4.26. The van der Waals surface area contributed by atoms with Gasteiger partial charge in [0.15, 0.2) is 6.10 Å². The molecule has 4 heteroatoms. The standard InChI is InChI=1S/C23H31NO3/c1-5-20-10-6-7-11-22(20)27-18(4)23(25)24-16-8-9-19-12-14-21(15-13-19)26-17(2)3/h6-7,10-15,17-18H,5,8-9,16H2,1-4H3,(H,24,25)/t18-/m0/s1. The monoisotopic (exact) mass is 369 g/mol. The fraction of sp³-hybridized carbons (Fsp3) is 0.435. The average molecular weight is 370 g/mol. The molecule has 0 spiro atoms. The molecule has 1 atom stereocenters. The van der Waals surface area contributed by atoms with Gasteiger partial charge in [0.2, 0.25) is 0 Å². The van der Waals surface area contributed by atoms with Crippen LogP contribution in [0, 0.1) is 0 Å². The van der Waals surface area contributed by atoms with E-state index in [2.05, 4.69) is 24.4 Å². The van der Waals surface area contributed by atoms with Gasteiger partial charge in [-0.2, -0.15) is 0 Å². The first kappa shape index (κ1) is 20.8. The molecule has 0 heterocycles. The van der Waals surface area contributed by atoms with Crippen LogP contribution in [0.3, 0.4) is 0 Å². The Hall–Kier alpha value is -2.49. The Morgan fingerprint density at radius 3 is 2.37 bits per heavy atom. The van der Waals surface area contributed by atoms with Crippen LogP contribution in [-0.4, -0.2) is 24.7 Å². The summed E-state index contributed by atoms with van der Waals surface area (Å²) in [4.78, 5) is 12.3. The van der Waals surface area contributed by atoms with E-state index in [0.29, 0.717) is 6.54 Å². The largest absolute Gasteiger partial charge is 0.491 e. The van der Waals surface area contributed by atoms with Gasteiger partial charge >= 0.3 is 0 Å². The van der Waals surface area contributed by atoms with Gasteiger partial charge in [0.25, 0.3) is 5.91 Å². The summed E-state index contributed by atoms with van der Waals surface area (Å²) in [5.74, 6) is 1.59. The molecule has 0 radical (unpaired) electrons. The summed E-state index contributed by atoms with van der Waals surface area (Å²) in [7, 11) is 0. The van der Waals surface area contributed by atoms with E-state index < -0.39 is 6.10 Å². The molecule has 27 heavy (non-hydrogen) atoms. The molecule has 0 aromatic heterocycles. The first-order chi connectivity index (χ1) is 13.0. The van der Waals surface area contributed by atoms with E-state index in [1.807, 2.05) is 50.2 Å². The van der Waals surface area contributed by atoms with Crippen molar-refractivity contribution < 1.29 is 14.3 Å². The number of ether oxygens (including phenoxy) is 2. The molecular formula is C23H31NO3. The molecule has 0 aliphatic rings. The van der Waals surface area contributed by atoms with Crippen LogP contribution in [0.25, 0.3) is 0 Å². The van der Waals surface area contributed by atoms with Gasteiger partial charge in [-0.15, -0.1) is 0 Å². The second kappa shape index (κ2) is 10.6. The van der Waals surface area contributed by atoms with Gasteiger partial charge in [-0.05, 0) is 69.4 Å². The number of carbonyl (C=O) groups is 1. The fourth-order valence-corrected chi connectivity index (χ4v) is 2.81. The number of carbonyl (C=O) groups excluding carboxylic acids is 1. The van der Waals surface area contributed by atoms with E-state index in [-0.39, 0.29) is 12.0 Å². The van der Waals surface area contributed by atoms with Crippen molar-refractivity contribution in [2.45, 2.75) is 59.2 Å². The second-order valence-electron chi connectivity index (χ2n) is 6.93. The maximum Gasteiger partial charge on any atom is 0.260 e. The van der Waals surface area contributed by atoms with Crippen LogP contribution in [0.1, 0.15) is 45.2 Å². The minimum Gasteiger partial charge on any atom is -0.491 e. The topological polar surface area (TPSA) is 47.6 Å². The van der Waals surface area contributed by atoms with Gasteiger partial charge < -0.3 is 14.8 Å². The lowest BCUT2D eigenvalue weighted by Crippen LogP contribution is -2.37. The Bertz CT molecular complexity index is 710. The molecule has 0 aliphatic heterocycles. The molecule has 0 unspecified atom stereocenters. The van der Waals surface area contributed by atoms with Crippen molar-refractivity contribution >= 4 is 5.91 Å². The van der Waals surface area contributed by atoms with Crippen molar-refractivity contribution in [2.75, 3.05) is 6.54 Å². The van der Waals surface area contributed by atoms with Crippen LogP contribution in [-0.2, 0) is 17.6 Å². The molecule has 1 amide bonds. The maximum atomic E-state index is 12.3. The molecule has 146 valence electrons. The van der Waals surface area contributed by atoms with E-state index in [1.165, 1.54) is 5.56 Å². The zero-order chi connectivity index (χ0) is 19.6. The van der Waals surface area contributed by atoms with E-state index in [1.54, 1.807) is 6.92 Å². The molecule has 0 aliphatic carbocycles. The number of benzene rings is 2. The van der Waals surface area contributed by atoms with Crippen molar-refractivity contribution in [3.63, 3.8) is 0 Å². The molecule has 0 saturated carbocycles. The van der Waals surface area contributed by atoms with Gasteiger partial charge in [-0.25, -0.2) is 0 Å². The molecule has 4 nitrogen and oxygen atoms in total. The first-order valence-electron chi connectivity index (χ1n) is 9.77. The van der Waals surface area contributed by atoms with Gasteiger partial charge in [-0.1, -0.05) is 37.3 Å². The van der Waals surface area contributed by atoms with Crippen LogP contribution in [0.5, 0.6) is 11.5 Å². The zero-order valence-corrected chi connectivity index (χ0v) is 16.8. The highest BCUT2D eigenvalue weighted by molar-refractivity contribution is 5.80. The summed E-state index contributed by atoms with van der Waals surface area (Å²) in [6.45, 7) is 8.53. The Morgan fingerprint density at radius 2 is 1.70 bits per heavy atom. The van der Waals surface area contributed by atoms with Crippen molar-refractivity contribution in [3.05, 3.63) is 59.7 Å². The van der Waals surface area contributed by atoms with Gasteiger partial charge in [0.1, 0.15) is 11.5 Å². The summed E-state index contributed by atoms with van der Waals surface area (Å²) in [5.41, 5.74) is 2.35. The van der Waals surface area contributed by atoms with Crippen molar-refractivity contribution in [2.24, 2.45) is 0 Å². The van der Waals surface area contributed by atoms with Crippen LogP contribution in [0.15, 0.2) is 48.5 Å². The van der Waals surface area contributed by atoms with Gasteiger partial charge in [0.05, 0.1) is 6.10 Å². The number of aryl methyl sites for hydroxylation is 2. The van der Waals surface area contributed by atoms with Crippen molar-refractivity contribution in [3.8, 4) is 11.5 Å². The highest BCUT2D eigenvalue weighted by Gasteiger charge is 2.15. The minimum absolute atomic E-state index is 0.0819. The van der Waals surface area contributed by atoms with E-state index in [4.69, 9.17) is 9.47 Å². The Balaban J connectivity index is 1.72. The summed E-state index contributed by atoms with van der Waals surface area (Å²) < 4.78 is 11.5. The minimum atomic E-state index is -0.509. The highest BCUT2D eigenvalue weighted by atomic mass is 16.5. The van der Waals surface area contributed by atoms with Crippen molar-refractivity contribution in [1.29, 1.82) is 0 Å². The summed E-state index contributed by atoms with van der Waals surface area (Å²) >= 11 is 0. The number of rotatable bonds is 10. The molecule has 0 bridgehead atoms. The van der Waals surface area contributed by atoms with E-state index in [0.717, 1.165) is 36.3 Å². The van der Waals surface area contributed by atoms with Crippen molar-refractivity contribution in [1.82, 2.24) is 5.32 Å². The predicted octanol–water partition coefficient (Wildman–Crippen LogP) is 4.55. The lowest BCUT2D eigenvalue weighted by Gasteiger charge is -2.17. The lowest BCUT2D eigenvalue weighted by molar-refractivity contribution is -0.127. The molecule has 1 N–H and O–H groups in total. The molecule has 2 rings (SSSR count). The van der Waals surface area contributed by atoms with Crippen LogP contribution in [0.4, 0.5) is 0 Å². The highest BCUT2D eigenvalue weighted by Crippen LogP contribution is 2.19. The normalized spacial score (nSPS) is 11.9. The number of para-hydroxylation sites is 1. The SMILES string of the molecule is CCc1ccccc1O[C@@H](C)C(=O)NCCCc1ccc(OC(C)C)cc1. The third-order valence-corrected chi connectivity index (χ3v) is 4.26.